The third kappa shape index (κ3) is 2.16. The first kappa shape index (κ1) is 19.7. The lowest BCUT2D eigenvalue weighted by molar-refractivity contribution is -0.137. The van der Waals surface area contributed by atoms with Gasteiger partial charge in [-0.25, -0.2) is 4.90 Å². The molecule has 164 valence electrons. The molecule has 3 amide bonds. The lowest BCUT2D eigenvalue weighted by Gasteiger charge is -2.37. The van der Waals surface area contributed by atoms with E-state index in [1.807, 2.05) is 63.2 Å². The fraction of sp³-hybridized carbons (Fsp3) is 0.423. The van der Waals surface area contributed by atoms with Crippen molar-refractivity contribution in [3.05, 3.63) is 59.2 Å². The number of hydrogen-bond acceptors (Lipinski definition) is 4. The van der Waals surface area contributed by atoms with Crippen LogP contribution in [0.25, 0.3) is 0 Å². The van der Waals surface area contributed by atoms with Gasteiger partial charge in [-0.2, -0.15) is 0 Å². The average molecular weight is 430 g/mol. The minimum atomic E-state index is -1.08. The van der Waals surface area contributed by atoms with Crippen molar-refractivity contribution in [3.63, 3.8) is 0 Å². The first-order valence-electron chi connectivity index (χ1n) is 11.6. The van der Waals surface area contributed by atoms with Gasteiger partial charge in [-0.3, -0.25) is 19.3 Å². The second-order valence-electron chi connectivity index (χ2n) is 9.60. The van der Waals surface area contributed by atoms with Crippen molar-refractivity contribution < 1.29 is 14.4 Å². The van der Waals surface area contributed by atoms with Gasteiger partial charge in [0.25, 0.3) is 5.91 Å². The van der Waals surface area contributed by atoms with Crippen LogP contribution >= 0.6 is 0 Å². The Morgan fingerprint density at radius 3 is 2.44 bits per heavy atom. The van der Waals surface area contributed by atoms with E-state index >= 15 is 0 Å². The van der Waals surface area contributed by atoms with Gasteiger partial charge < -0.3 is 4.90 Å². The highest BCUT2D eigenvalue weighted by atomic mass is 16.2. The van der Waals surface area contributed by atoms with Crippen LogP contribution in [0.15, 0.2) is 42.5 Å². The normalized spacial score (nSPS) is 31.1. The summed E-state index contributed by atoms with van der Waals surface area (Å²) in [5, 5.41) is 0. The molecule has 2 aromatic carbocycles. The lowest BCUT2D eigenvalue weighted by Crippen LogP contribution is -2.56. The van der Waals surface area contributed by atoms with Gasteiger partial charge in [-0.1, -0.05) is 24.3 Å². The van der Waals surface area contributed by atoms with Gasteiger partial charge in [0.2, 0.25) is 11.8 Å². The zero-order valence-electron chi connectivity index (χ0n) is 18.7. The summed E-state index contributed by atoms with van der Waals surface area (Å²) >= 11 is 0. The van der Waals surface area contributed by atoms with Gasteiger partial charge in [-0.05, 0) is 69.5 Å². The molecule has 6 heteroatoms. The largest absolute Gasteiger partial charge is 0.310 e. The minimum Gasteiger partial charge on any atom is -0.310 e. The minimum absolute atomic E-state index is 0.0518. The number of amides is 3. The molecule has 2 aromatic rings. The smallest absolute Gasteiger partial charge is 0.253 e. The highest BCUT2D eigenvalue weighted by Gasteiger charge is 2.75. The molecule has 1 spiro atoms. The third-order valence-corrected chi connectivity index (χ3v) is 7.93. The standard InChI is InChI=1S/C26H27N3O3/c1-4-27-19-9-6-5-8-18(19)26(25(27)32)22-21(20-10-7-11-28(20)26)23(30)29(24(22)31)17-13-15(2)12-16(3)14-17/h5-6,8-9,12-14,20-22H,4,7,10-11H2,1-3H3/t20-,21+,22-,26+/m0/s1. The summed E-state index contributed by atoms with van der Waals surface area (Å²) in [6, 6.07) is 13.6. The lowest BCUT2D eigenvalue weighted by atomic mass is 9.75. The molecule has 4 aliphatic heterocycles. The first-order valence-corrected chi connectivity index (χ1v) is 11.6. The van der Waals surface area contributed by atoms with Crippen molar-refractivity contribution in [2.24, 2.45) is 11.8 Å². The Morgan fingerprint density at radius 1 is 1.00 bits per heavy atom. The van der Waals surface area contributed by atoms with Crippen molar-refractivity contribution in [1.82, 2.24) is 4.90 Å². The summed E-state index contributed by atoms with van der Waals surface area (Å²) < 4.78 is 0. The van der Waals surface area contributed by atoms with Crippen LogP contribution in [0, 0.1) is 25.7 Å². The van der Waals surface area contributed by atoms with Crippen LogP contribution in [0.4, 0.5) is 11.4 Å². The molecular weight excluding hydrogens is 402 g/mol. The van der Waals surface area contributed by atoms with E-state index in [-0.39, 0.29) is 23.8 Å². The van der Waals surface area contributed by atoms with Crippen LogP contribution in [0.1, 0.15) is 36.5 Å². The maximum atomic E-state index is 14.1. The van der Waals surface area contributed by atoms with Crippen LogP contribution in [0.2, 0.25) is 0 Å². The van der Waals surface area contributed by atoms with E-state index in [4.69, 9.17) is 0 Å². The van der Waals surface area contributed by atoms with E-state index < -0.39 is 17.4 Å². The number of carbonyl (C=O) groups is 3. The van der Waals surface area contributed by atoms with Gasteiger partial charge in [-0.15, -0.1) is 0 Å². The van der Waals surface area contributed by atoms with E-state index in [1.165, 1.54) is 4.90 Å². The number of anilines is 2. The molecule has 0 radical (unpaired) electrons. The molecule has 6 rings (SSSR count). The van der Waals surface area contributed by atoms with Gasteiger partial charge in [0.1, 0.15) is 5.54 Å². The Bertz CT molecular complexity index is 1170. The predicted molar refractivity (Wildman–Crippen MR) is 121 cm³/mol. The van der Waals surface area contributed by atoms with Crippen molar-refractivity contribution in [3.8, 4) is 0 Å². The maximum Gasteiger partial charge on any atom is 0.253 e. The van der Waals surface area contributed by atoms with Gasteiger partial charge in [0, 0.05) is 23.8 Å². The summed E-state index contributed by atoms with van der Waals surface area (Å²) in [7, 11) is 0. The Labute approximate surface area is 187 Å². The highest BCUT2D eigenvalue weighted by Crippen LogP contribution is 2.61. The molecule has 6 nitrogen and oxygen atoms in total. The number of imide groups is 1. The first-order chi connectivity index (χ1) is 15.4. The number of benzene rings is 2. The fourth-order valence-electron chi connectivity index (χ4n) is 6.99. The number of para-hydroxylation sites is 1. The van der Waals surface area contributed by atoms with Crippen LogP contribution in [0.3, 0.4) is 0 Å². The second kappa shape index (κ2) is 6.51. The van der Waals surface area contributed by atoms with E-state index in [0.29, 0.717) is 12.2 Å². The molecule has 0 aromatic heterocycles. The number of aryl methyl sites for hydroxylation is 2. The second-order valence-corrected chi connectivity index (χ2v) is 9.60. The molecule has 0 N–H and O–H groups in total. The monoisotopic (exact) mass is 429 g/mol. The Hall–Kier alpha value is -2.99. The van der Waals surface area contributed by atoms with Crippen LogP contribution in [-0.4, -0.2) is 41.8 Å². The maximum absolute atomic E-state index is 14.1. The molecular formula is C26H27N3O3. The van der Waals surface area contributed by atoms with E-state index in [2.05, 4.69) is 4.90 Å². The van der Waals surface area contributed by atoms with Gasteiger partial charge in [0.15, 0.2) is 0 Å². The molecule has 3 fully saturated rings. The summed E-state index contributed by atoms with van der Waals surface area (Å²) in [5.41, 5.74) is 3.31. The van der Waals surface area contributed by atoms with Gasteiger partial charge >= 0.3 is 0 Å². The summed E-state index contributed by atoms with van der Waals surface area (Å²) in [5.74, 6) is -1.62. The zero-order valence-corrected chi connectivity index (χ0v) is 18.7. The Kier molecular flexibility index (Phi) is 4.01. The topological polar surface area (TPSA) is 60.9 Å². The average Bonchev–Trinajstić information content (AvgIpc) is 3.45. The molecule has 4 atom stereocenters. The molecule has 32 heavy (non-hydrogen) atoms. The molecule has 0 aliphatic carbocycles. The van der Waals surface area contributed by atoms with Gasteiger partial charge in [0.05, 0.1) is 17.5 Å². The Balaban J connectivity index is 1.57. The van der Waals surface area contributed by atoms with E-state index in [1.54, 1.807) is 4.90 Å². The number of likely N-dealkylation sites (N-methyl/N-ethyl adjacent to an activating group) is 1. The summed E-state index contributed by atoms with van der Waals surface area (Å²) in [6.07, 6.45) is 1.77. The fourth-order valence-corrected chi connectivity index (χ4v) is 6.99. The van der Waals surface area contributed by atoms with Crippen molar-refractivity contribution in [2.45, 2.75) is 45.2 Å². The van der Waals surface area contributed by atoms with Crippen molar-refractivity contribution in [1.29, 1.82) is 0 Å². The Morgan fingerprint density at radius 2 is 1.72 bits per heavy atom. The quantitative estimate of drug-likeness (QED) is 0.688. The summed E-state index contributed by atoms with van der Waals surface area (Å²) in [4.78, 5) is 47.4. The summed E-state index contributed by atoms with van der Waals surface area (Å²) in [6.45, 7) is 7.18. The van der Waals surface area contributed by atoms with E-state index in [0.717, 1.165) is 41.8 Å². The van der Waals surface area contributed by atoms with Crippen molar-refractivity contribution in [2.75, 3.05) is 22.9 Å². The van der Waals surface area contributed by atoms with Crippen LogP contribution in [-0.2, 0) is 19.9 Å². The molecule has 0 saturated carbocycles. The van der Waals surface area contributed by atoms with Crippen LogP contribution in [0.5, 0.6) is 0 Å². The number of hydrogen-bond donors (Lipinski definition) is 0. The molecule has 4 heterocycles. The number of nitrogens with zero attached hydrogens (tertiary/aromatic N) is 3. The van der Waals surface area contributed by atoms with Crippen molar-refractivity contribution >= 4 is 29.1 Å². The zero-order chi connectivity index (χ0) is 22.4. The van der Waals surface area contributed by atoms with E-state index in [9.17, 15) is 14.4 Å². The molecule has 0 bridgehead atoms. The molecule has 4 aliphatic rings. The SMILES string of the molecule is CCN1C(=O)[C@@]2(c3ccccc31)[C@@H]1C(=O)N(c3cc(C)cc(C)c3)C(=O)[C@@H]1[C@@H]1CCCN12. The molecule has 3 saturated heterocycles. The number of carbonyl (C=O) groups excluding carboxylic acids is 3. The third-order valence-electron chi connectivity index (χ3n) is 7.93. The molecule has 0 unspecified atom stereocenters. The number of fused-ring (bicyclic) bond motifs is 7. The highest BCUT2D eigenvalue weighted by molar-refractivity contribution is 6.26. The number of rotatable bonds is 2. The van der Waals surface area contributed by atoms with Crippen LogP contribution < -0.4 is 9.80 Å². The predicted octanol–water partition coefficient (Wildman–Crippen LogP) is 3.15.